The summed E-state index contributed by atoms with van der Waals surface area (Å²) >= 11 is 0. The Hall–Kier alpha value is -2.53. The van der Waals surface area contributed by atoms with Gasteiger partial charge in [0, 0.05) is 32.7 Å². The van der Waals surface area contributed by atoms with E-state index < -0.39 is 0 Å². The van der Waals surface area contributed by atoms with Crippen LogP contribution in [-0.2, 0) is 11.3 Å². The number of carbonyl (C=O) groups excluding carboxylic acids is 1. The van der Waals surface area contributed by atoms with Crippen LogP contribution in [0, 0.1) is 0 Å². The number of para-hydroxylation sites is 2. The molecule has 0 radical (unpaired) electrons. The van der Waals surface area contributed by atoms with E-state index in [4.69, 9.17) is 4.74 Å². The number of nitrogens with zero attached hydrogens (tertiary/aromatic N) is 2. The van der Waals surface area contributed by atoms with E-state index in [0.717, 1.165) is 43.2 Å². The number of carbonyl (C=O) groups is 1. The van der Waals surface area contributed by atoms with Crippen molar-refractivity contribution in [1.29, 1.82) is 0 Å². The number of rotatable bonds is 7. The highest BCUT2D eigenvalue weighted by atomic mass is 16.5. The van der Waals surface area contributed by atoms with E-state index in [2.05, 4.69) is 21.2 Å². The number of hydrogen-bond donors (Lipinski definition) is 1. The first-order chi connectivity index (χ1) is 13.2. The van der Waals surface area contributed by atoms with Crippen LogP contribution in [0.1, 0.15) is 19.4 Å². The van der Waals surface area contributed by atoms with E-state index in [-0.39, 0.29) is 11.9 Å². The molecular weight excluding hydrogens is 338 g/mol. The second-order valence-electron chi connectivity index (χ2n) is 6.80. The number of nitrogens with one attached hydrogen (secondary N) is 1. The van der Waals surface area contributed by atoms with E-state index in [0.29, 0.717) is 13.2 Å². The van der Waals surface area contributed by atoms with E-state index in [9.17, 15) is 4.79 Å². The highest BCUT2D eigenvalue weighted by Crippen LogP contribution is 2.29. The topological polar surface area (TPSA) is 44.8 Å². The average Bonchev–Trinajstić information content (AvgIpc) is 2.73. The number of piperazine rings is 1. The molecule has 1 amide bonds. The zero-order chi connectivity index (χ0) is 19.1. The van der Waals surface area contributed by atoms with Crippen LogP contribution in [0.25, 0.3) is 0 Å². The fraction of sp³-hybridized carbons (Fsp3) is 0.409. The fourth-order valence-corrected chi connectivity index (χ4v) is 3.44. The Morgan fingerprint density at radius 3 is 2.41 bits per heavy atom. The van der Waals surface area contributed by atoms with Gasteiger partial charge in [-0.25, -0.2) is 0 Å². The molecule has 0 spiro atoms. The van der Waals surface area contributed by atoms with Crippen LogP contribution >= 0.6 is 0 Å². The van der Waals surface area contributed by atoms with Gasteiger partial charge in [0.05, 0.1) is 18.3 Å². The Labute approximate surface area is 161 Å². The summed E-state index contributed by atoms with van der Waals surface area (Å²) < 4.78 is 5.76. The molecule has 1 aliphatic rings. The zero-order valence-electron chi connectivity index (χ0n) is 16.2. The molecule has 5 heteroatoms. The molecule has 5 nitrogen and oxygen atoms in total. The summed E-state index contributed by atoms with van der Waals surface area (Å²) in [5, 5.41) is 3.05. The van der Waals surface area contributed by atoms with Crippen molar-refractivity contribution in [2.45, 2.75) is 26.4 Å². The number of benzene rings is 2. The molecule has 0 aromatic heterocycles. The second-order valence-corrected chi connectivity index (χ2v) is 6.80. The fourth-order valence-electron chi connectivity index (χ4n) is 3.44. The first kappa shape index (κ1) is 19.2. The molecule has 144 valence electrons. The molecular formula is C22H29N3O2. The summed E-state index contributed by atoms with van der Waals surface area (Å²) in [5.74, 6) is 1.02. The van der Waals surface area contributed by atoms with Gasteiger partial charge in [0.1, 0.15) is 5.75 Å². The van der Waals surface area contributed by atoms with Crippen LogP contribution in [-0.4, -0.2) is 49.6 Å². The largest absolute Gasteiger partial charge is 0.492 e. The molecule has 1 fully saturated rings. The van der Waals surface area contributed by atoms with Crippen molar-refractivity contribution in [2.75, 3.05) is 37.7 Å². The van der Waals surface area contributed by atoms with Crippen molar-refractivity contribution < 1.29 is 9.53 Å². The van der Waals surface area contributed by atoms with Gasteiger partial charge in [0.25, 0.3) is 0 Å². The van der Waals surface area contributed by atoms with E-state index >= 15 is 0 Å². The number of ether oxygens (including phenoxy) is 1. The highest BCUT2D eigenvalue weighted by molar-refractivity contribution is 5.81. The molecule has 1 N–H and O–H groups in total. The molecule has 1 aliphatic heterocycles. The predicted molar refractivity (Wildman–Crippen MR) is 109 cm³/mol. The SMILES string of the molecule is CCOc1ccccc1N1CCN([C@@H](C)C(=O)NCc2ccccc2)CC1. The molecule has 3 rings (SSSR count). The maximum atomic E-state index is 12.5. The van der Waals surface area contributed by atoms with Gasteiger partial charge in [-0.15, -0.1) is 0 Å². The molecule has 2 aromatic carbocycles. The van der Waals surface area contributed by atoms with Gasteiger partial charge < -0.3 is 15.0 Å². The van der Waals surface area contributed by atoms with Crippen molar-refractivity contribution in [1.82, 2.24) is 10.2 Å². The van der Waals surface area contributed by atoms with Crippen LogP contribution in [0.3, 0.4) is 0 Å². The minimum atomic E-state index is -0.127. The molecule has 1 heterocycles. The number of hydrogen-bond acceptors (Lipinski definition) is 4. The van der Waals surface area contributed by atoms with Crippen molar-refractivity contribution in [2.24, 2.45) is 0 Å². The monoisotopic (exact) mass is 367 g/mol. The lowest BCUT2D eigenvalue weighted by Gasteiger charge is -2.39. The normalized spacial score (nSPS) is 16.0. The smallest absolute Gasteiger partial charge is 0.237 e. The Bertz CT molecular complexity index is 727. The molecule has 2 aromatic rings. The van der Waals surface area contributed by atoms with Crippen molar-refractivity contribution in [3.05, 3.63) is 60.2 Å². The van der Waals surface area contributed by atoms with Crippen LogP contribution < -0.4 is 15.0 Å². The summed E-state index contributed by atoms with van der Waals surface area (Å²) in [6.45, 7) is 8.73. The predicted octanol–water partition coefficient (Wildman–Crippen LogP) is 2.91. The van der Waals surface area contributed by atoms with Crippen LogP contribution in [0.5, 0.6) is 5.75 Å². The van der Waals surface area contributed by atoms with E-state index in [1.807, 2.05) is 62.4 Å². The quantitative estimate of drug-likeness (QED) is 0.817. The third-order valence-electron chi connectivity index (χ3n) is 5.06. The summed E-state index contributed by atoms with van der Waals surface area (Å²) in [4.78, 5) is 17.1. The van der Waals surface area contributed by atoms with Gasteiger partial charge in [-0.05, 0) is 31.5 Å². The molecule has 0 saturated carbocycles. The lowest BCUT2D eigenvalue weighted by molar-refractivity contribution is -0.126. The summed E-state index contributed by atoms with van der Waals surface area (Å²) in [5.41, 5.74) is 2.26. The lowest BCUT2D eigenvalue weighted by Crippen LogP contribution is -2.53. The van der Waals surface area contributed by atoms with Gasteiger partial charge in [-0.3, -0.25) is 9.69 Å². The maximum absolute atomic E-state index is 12.5. The van der Waals surface area contributed by atoms with Gasteiger partial charge >= 0.3 is 0 Å². The Morgan fingerprint density at radius 1 is 1.04 bits per heavy atom. The molecule has 27 heavy (non-hydrogen) atoms. The van der Waals surface area contributed by atoms with Crippen molar-refractivity contribution in [3.8, 4) is 5.75 Å². The molecule has 0 unspecified atom stereocenters. The Kier molecular flexibility index (Phi) is 6.71. The zero-order valence-corrected chi connectivity index (χ0v) is 16.2. The minimum absolute atomic E-state index is 0.0852. The van der Waals surface area contributed by atoms with E-state index in [1.165, 1.54) is 0 Å². The first-order valence-corrected chi connectivity index (χ1v) is 9.71. The average molecular weight is 367 g/mol. The molecule has 1 atom stereocenters. The van der Waals surface area contributed by atoms with Crippen LogP contribution in [0.15, 0.2) is 54.6 Å². The highest BCUT2D eigenvalue weighted by Gasteiger charge is 2.26. The van der Waals surface area contributed by atoms with Gasteiger partial charge in [0.2, 0.25) is 5.91 Å². The standard InChI is InChI=1S/C22H29N3O2/c1-3-27-21-12-8-7-11-20(21)25-15-13-24(14-16-25)18(2)22(26)23-17-19-9-5-4-6-10-19/h4-12,18H,3,13-17H2,1-2H3,(H,23,26)/t18-/m0/s1. The maximum Gasteiger partial charge on any atom is 0.237 e. The van der Waals surface area contributed by atoms with Crippen molar-refractivity contribution in [3.63, 3.8) is 0 Å². The molecule has 0 bridgehead atoms. The number of amides is 1. The third kappa shape index (κ3) is 5.01. The minimum Gasteiger partial charge on any atom is -0.492 e. The van der Waals surface area contributed by atoms with E-state index in [1.54, 1.807) is 0 Å². The van der Waals surface area contributed by atoms with Crippen LogP contribution in [0.2, 0.25) is 0 Å². The molecule has 1 saturated heterocycles. The summed E-state index contributed by atoms with van der Waals surface area (Å²) in [6, 6.07) is 18.1. The Balaban J connectivity index is 1.52. The number of anilines is 1. The van der Waals surface area contributed by atoms with Gasteiger partial charge in [-0.2, -0.15) is 0 Å². The third-order valence-corrected chi connectivity index (χ3v) is 5.06. The lowest BCUT2D eigenvalue weighted by atomic mass is 10.1. The van der Waals surface area contributed by atoms with Crippen LogP contribution in [0.4, 0.5) is 5.69 Å². The summed E-state index contributed by atoms with van der Waals surface area (Å²) in [6.07, 6.45) is 0. The molecule has 0 aliphatic carbocycles. The Morgan fingerprint density at radius 2 is 1.70 bits per heavy atom. The summed E-state index contributed by atoms with van der Waals surface area (Å²) in [7, 11) is 0. The van der Waals surface area contributed by atoms with Gasteiger partial charge in [0.15, 0.2) is 0 Å². The van der Waals surface area contributed by atoms with Gasteiger partial charge in [-0.1, -0.05) is 42.5 Å². The second kappa shape index (κ2) is 9.42. The van der Waals surface area contributed by atoms with Crippen molar-refractivity contribution >= 4 is 11.6 Å². The first-order valence-electron chi connectivity index (χ1n) is 9.71.